The zero-order valence-corrected chi connectivity index (χ0v) is 19.9. The molecule has 0 radical (unpaired) electrons. The molecule has 3 aromatic carbocycles. The van der Waals surface area contributed by atoms with Crippen molar-refractivity contribution in [1.82, 2.24) is 0 Å². The number of amides is 1. The van der Waals surface area contributed by atoms with E-state index in [1.54, 1.807) is 36.4 Å². The van der Waals surface area contributed by atoms with Crippen LogP contribution in [0.3, 0.4) is 0 Å². The summed E-state index contributed by atoms with van der Waals surface area (Å²) in [4.78, 5) is 39.2. The molecule has 1 saturated heterocycles. The Hall–Kier alpha value is -3.81. The van der Waals surface area contributed by atoms with E-state index >= 15 is 0 Å². The van der Waals surface area contributed by atoms with E-state index in [-0.39, 0.29) is 33.4 Å². The van der Waals surface area contributed by atoms with Crippen molar-refractivity contribution in [2.24, 2.45) is 0 Å². The first-order chi connectivity index (χ1) is 16.7. The van der Waals surface area contributed by atoms with Crippen LogP contribution in [0.2, 0.25) is 10.0 Å². The van der Waals surface area contributed by atoms with E-state index in [0.29, 0.717) is 16.8 Å². The monoisotopic (exact) mass is 511 g/mol. The number of methoxy groups -OCH3 is 1. The van der Waals surface area contributed by atoms with Crippen molar-refractivity contribution in [1.29, 1.82) is 0 Å². The van der Waals surface area contributed by atoms with Gasteiger partial charge in [0.25, 0.3) is 11.7 Å². The number of esters is 1. The van der Waals surface area contributed by atoms with Crippen LogP contribution in [0.25, 0.3) is 5.76 Å². The minimum atomic E-state index is -0.989. The molecule has 2 N–H and O–H groups in total. The lowest BCUT2D eigenvalue weighted by Crippen LogP contribution is -2.29. The van der Waals surface area contributed by atoms with Gasteiger partial charge in [0.05, 0.1) is 35.2 Å². The van der Waals surface area contributed by atoms with Crippen LogP contribution in [-0.2, 0) is 25.5 Å². The number of ether oxygens (including phenoxy) is 1. The molecule has 4 rings (SSSR count). The molecule has 0 spiro atoms. The van der Waals surface area contributed by atoms with Crippen molar-refractivity contribution in [2.45, 2.75) is 12.5 Å². The lowest BCUT2D eigenvalue weighted by Gasteiger charge is -2.25. The Morgan fingerprint density at radius 1 is 0.971 bits per heavy atom. The summed E-state index contributed by atoms with van der Waals surface area (Å²) in [5, 5.41) is 21.3. The average Bonchev–Trinajstić information content (AvgIpc) is 3.11. The number of hydrogen-bond acceptors (Lipinski definition) is 6. The highest BCUT2D eigenvalue weighted by Crippen LogP contribution is 2.43. The summed E-state index contributed by atoms with van der Waals surface area (Å²) in [7, 11) is 1.29. The van der Waals surface area contributed by atoms with Crippen LogP contribution < -0.4 is 4.90 Å². The highest BCUT2D eigenvalue weighted by Gasteiger charge is 2.47. The predicted molar refractivity (Wildman–Crippen MR) is 132 cm³/mol. The summed E-state index contributed by atoms with van der Waals surface area (Å²) in [6, 6.07) is 15.9. The molecular formula is C26H19Cl2NO6. The van der Waals surface area contributed by atoms with Crippen molar-refractivity contribution in [3.05, 3.63) is 99.0 Å². The normalized spacial score (nSPS) is 17.0. The number of ketones is 1. The van der Waals surface area contributed by atoms with Gasteiger partial charge in [-0.05, 0) is 53.6 Å². The predicted octanol–water partition coefficient (Wildman–Crippen LogP) is 5.04. The summed E-state index contributed by atoms with van der Waals surface area (Å²) >= 11 is 12.1. The topological polar surface area (TPSA) is 104 Å². The molecule has 178 valence electrons. The first kappa shape index (κ1) is 24.3. The highest BCUT2D eigenvalue weighted by atomic mass is 35.5. The number of nitrogens with zero attached hydrogens (tertiary/aromatic N) is 1. The maximum atomic E-state index is 13.2. The van der Waals surface area contributed by atoms with E-state index in [0.717, 1.165) is 0 Å². The maximum Gasteiger partial charge on any atom is 0.309 e. The van der Waals surface area contributed by atoms with Crippen LogP contribution in [0.1, 0.15) is 22.7 Å². The van der Waals surface area contributed by atoms with Gasteiger partial charge in [-0.1, -0.05) is 47.5 Å². The minimum Gasteiger partial charge on any atom is -0.508 e. The summed E-state index contributed by atoms with van der Waals surface area (Å²) in [6.07, 6.45) is 0.0499. The maximum absolute atomic E-state index is 13.2. The van der Waals surface area contributed by atoms with Gasteiger partial charge in [-0.15, -0.1) is 0 Å². The number of aliphatic hydroxyl groups excluding tert-OH is 1. The summed E-state index contributed by atoms with van der Waals surface area (Å²) in [5.74, 6) is -2.55. The van der Waals surface area contributed by atoms with E-state index in [2.05, 4.69) is 4.74 Å². The molecule has 7 nitrogen and oxygen atoms in total. The number of Topliss-reactive ketones (excluding diaryl/α,β-unsaturated/α-hetero) is 1. The Morgan fingerprint density at radius 3 is 2.23 bits per heavy atom. The zero-order chi connectivity index (χ0) is 25.3. The quantitative estimate of drug-likeness (QED) is 0.215. The van der Waals surface area contributed by atoms with Gasteiger partial charge >= 0.3 is 5.97 Å². The smallest absolute Gasteiger partial charge is 0.309 e. The number of carbonyl (C=O) groups excluding carboxylic acids is 3. The van der Waals surface area contributed by atoms with Crippen LogP contribution >= 0.6 is 23.2 Å². The molecular weight excluding hydrogens is 493 g/mol. The number of hydrogen-bond donors (Lipinski definition) is 2. The van der Waals surface area contributed by atoms with Crippen LogP contribution in [0.15, 0.2) is 72.3 Å². The third kappa shape index (κ3) is 4.73. The van der Waals surface area contributed by atoms with Gasteiger partial charge in [0.15, 0.2) is 0 Å². The van der Waals surface area contributed by atoms with Crippen molar-refractivity contribution in [3.8, 4) is 5.75 Å². The number of phenols is 1. The molecule has 0 saturated carbocycles. The Balaban J connectivity index is 1.85. The molecule has 1 heterocycles. The lowest BCUT2D eigenvalue weighted by molar-refractivity contribution is -0.139. The fraction of sp³-hybridized carbons (Fsp3) is 0.115. The molecule has 9 heteroatoms. The number of anilines is 1. The summed E-state index contributed by atoms with van der Waals surface area (Å²) in [5.41, 5.74) is 1.61. The van der Waals surface area contributed by atoms with Gasteiger partial charge in [0.1, 0.15) is 11.5 Å². The average molecular weight is 512 g/mol. The zero-order valence-electron chi connectivity index (χ0n) is 18.4. The molecule has 1 amide bonds. The highest BCUT2D eigenvalue weighted by molar-refractivity contribution is 6.51. The van der Waals surface area contributed by atoms with Gasteiger partial charge in [-0.3, -0.25) is 19.3 Å². The van der Waals surface area contributed by atoms with Gasteiger partial charge < -0.3 is 14.9 Å². The largest absolute Gasteiger partial charge is 0.508 e. The molecule has 35 heavy (non-hydrogen) atoms. The molecule has 1 atom stereocenters. The fourth-order valence-corrected chi connectivity index (χ4v) is 4.18. The van der Waals surface area contributed by atoms with Gasteiger partial charge in [-0.25, -0.2) is 0 Å². The Bertz CT molecular complexity index is 1350. The third-order valence-corrected chi connectivity index (χ3v) is 6.38. The van der Waals surface area contributed by atoms with Crippen molar-refractivity contribution in [2.75, 3.05) is 12.0 Å². The molecule has 0 bridgehead atoms. The summed E-state index contributed by atoms with van der Waals surface area (Å²) in [6.45, 7) is 0. The van der Waals surface area contributed by atoms with Crippen LogP contribution in [0.5, 0.6) is 5.75 Å². The van der Waals surface area contributed by atoms with E-state index in [1.807, 2.05) is 0 Å². The lowest BCUT2D eigenvalue weighted by atomic mass is 9.95. The number of rotatable bonds is 5. The molecule has 1 aliphatic rings. The molecule has 3 aromatic rings. The second kappa shape index (κ2) is 9.82. The summed E-state index contributed by atoms with van der Waals surface area (Å²) < 4.78 is 4.68. The van der Waals surface area contributed by atoms with Crippen LogP contribution in [0.4, 0.5) is 5.69 Å². The first-order valence-electron chi connectivity index (χ1n) is 10.4. The Labute approximate surface area is 210 Å². The Morgan fingerprint density at radius 2 is 1.63 bits per heavy atom. The van der Waals surface area contributed by atoms with Crippen molar-refractivity contribution in [3.63, 3.8) is 0 Å². The number of phenolic OH excluding ortho intramolecular Hbond substituents is 1. The van der Waals surface area contributed by atoms with E-state index in [1.165, 1.54) is 42.3 Å². The minimum absolute atomic E-state index is 0.00217. The fourth-order valence-electron chi connectivity index (χ4n) is 3.88. The van der Waals surface area contributed by atoms with Gasteiger partial charge in [0.2, 0.25) is 0 Å². The van der Waals surface area contributed by atoms with Crippen molar-refractivity contribution >= 4 is 52.3 Å². The second-order valence-electron chi connectivity index (χ2n) is 7.81. The van der Waals surface area contributed by atoms with Crippen molar-refractivity contribution < 1.29 is 29.3 Å². The van der Waals surface area contributed by atoms with E-state index in [9.17, 15) is 24.6 Å². The molecule has 1 aliphatic heterocycles. The molecule has 1 fully saturated rings. The standard InChI is InChI=1S/C26H19Cl2NO6/c1-35-21(31)12-14-2-7-17(8-3-14)29-23(15-4-9-18(30)10-5-15)22(25(33)26(29)34)24(32)16-6-11-19(27)20(28)13-16/h2-11,13,23,30,32H,12H2,1H3/b24-22-. The Kier molecular flexibility index (Phi) is 6.82. The van der Waals surface area contributed by atoms with Gasteiger partial charge in [0, 0.05) is 11.3 Å². The number of benzene rings is 3. The molecule has 0 aliphatic carbocycles. The second-order valence-corrected chi connectivity index (χ2v) is 8.62. The van der Waals surface area contributed by atoms with Gasteiger partial charge in [-0.2, -0.15) is 0 Å². The van der Waals surface area contributed by atoms with Crippen LogP contribution in [0, 0.1) is 0 Å². The third-order valence-electron chi connectivity index (χ3n) is 5.64. The SMILES string of the molecule is COC(=O)Cc1ccc(N2C(=O)C(=O)/C(=C(\O)c3ccc(Cl)c(Cl)c3)C2c2ccc(O)cc2)cc1. The number of carbonyl (C=O) groups is 3. The number of aliphatic hydroxyl groups is 1. The van der Waals surface area contributed by atoms with E-state index < -0.39 is 29.5 Å². The first-order valence-corrected chi connectivity index (χ1v) is 11.2. The molecule has 0 aromatic heterocycles. The number of aromatic hydroxyl groups is 1. The number of halogens is 2. The molecule has 1 unspecified atom stereocenters. The van der Waals surface area contributed by atoms with E-state index in [4.69, 9.17) is 23.2 Å². The van der Waals surface area contributed by atoms with Crippen LogP contribution in [-0.4, -0.2) is 35.0 Å².